The Morgan fingerprint density at radius 3 is 3.00 bits per heavy atom. The summed E-state index contributed by atoms with van der Waals surface area (Å²) >= 11 is 9.43. The van der Waals surface area contributed by atoms with Gasteiger partial charge >= 0.3 is 0 Å². The topological polar surface area (TPSA) is 28.7 Å². The summed E-state index contributed by atoms with van der Waals surface area (Å²) in [7, 11) is 0. The minimum Gasteiger partial charge on any atom is -0.270 e. The molecular formula is C8H6BrClN2. The van der Waals surface area contributed by atoms with Gasteiger partial charge in [0.15, 0.2) is 0 Å². The van der Waals surface area contributed by atoms with Crippen LogP contribution in [0.4, 0.5) is 0 Å². The largest absolute Gasteiger partial charge is 0.270 e. The number of benzene rings is 1. The fourth-order valence-corrected chi connectivity index (χ4v) is 2.00. The van der Waals surface area contributed by atoms with E-state index >= 15 is 0 Å². The summed E-state index contributed by atoms with van der Waals surface area (Å²) in [5, 5.41) is 8.60. The molecule has 1 aromatic heterocycles. The number of nitrogens with zero attached hydrogens (tertiary/aromatic N) is 1. The highest BCUT2D eigenvalue weighted by molar-refractivity contribution is 9.10. The lowest BCUT2D eigenvalue weighted by Crippen LogP contribution is -1.75. The lowest BCUT2D eigenvalue weighted by atomic mass is 10.2. The zero-order valence-electron chi connectivity index (χ0n) is 6.36. The highest BCUT2D eigenvalue weighted by Crippen LogP contribution is 2.30. The number of hydrogen-bond acceptors (Lipinski definition) is 1. The van der Waals surface area contributed by atoms with E-state index in [2.05, 4.69) is 26.1 Å². The van der Waals surface area contributed by atoms with Gasteiger partial charge in [-0.2, -0.15) is 5.10 Å². The molecule has 0 unspecified atom stereocenters. The van der Waals surface area contributed by atoms with Crippen molar-refractivity contribution in [2.24, 2.45) is 0 Å². The second-order valence-corrected chi connectivity index (χ2v) is 3.80. The maximum Gasteiger partial charge on any atom is 0.110 e. The van der Waals surface area contributed by atoms with Gasteiger partial charge in [0, 0.05) is 0 Å². The van der Waals surface area contributed by atoms with Crippen molar-refractivity contribution in [2.75, 3.05) is 0 Å². The monoisotopic (exact) mass is 244 g/mol. The quantitative estimate of drug-likeness (QED) is 0.758. The average molecular weight is 246 g/mol. The van der Waals surface area contributed by atoms with Gasteiger partial charge < -0.3 is 0 Å². The molecule has 0 aliphatic rings. The van der Waals surface area contributed by atoms with Crippen LogP contribution < -0.4 is 0 Å². The molecule has 0 amide bonds. The van der Waals surface area contributed by atoms with Crippen LogP contribution in [-0.2, 0) is 0 Å². The number of aromatic amines is 1. The molecule has 0 fully saturated rings. The highest BCUT2D eigenvalue weighted by atomic mass is 79.9. The van der Waals surface area contributed by atoms with E-state index in [4.69, 9.17) is 11.6 Å². The second kappa shape index (κ2) is 2.75. The maximum absolute atomic E-state index is 6.08. The molecule has 4 heteroatoms. The van der Waals surface area contributed by atoms with Crippen LogP contribution in [0.25, 0.3) is 10.9 Å². The van der Waals surface area contributed by atoms with Gasteiger partial charge in [0.1, 0.15) is 4.60 Å². The third kappa shape index (κ3) is 1.04. The van der Waals surface area contributed by atoms with Gasteiger partial charge in [0.05, 0.1) is 15.9 Å². The van der Waals surface area contributed by atoms with E-state index in [1.165, 1.54) is 0 Å². The number of aryl methyl sites for hydroxylation is 1. The molecule has 0 saturated heterocycles. The first-order chi connectivity index (χ1) is 5.70. The van der Waals surface area contributed by atoms with Crippen molar-refractivity contribution in [1.82, 2.24) is 10.2 Å². The minimum absolute atomic E-state index is 0.758. The highest BCUT2D eigenvalue weighted by Gasteiger charge is 2.07. The molecule has 0 bridgehead atoms. The van der Waals surface area contributed by atoms with Crippen LogP contribution >= 0.6 is 27.5 Å². The molecule has 1 aromatic carbocycles. The molecule has 0 radical (unpaired) electrons. The predicted octanol–water partition coefficient (Wildman–Crippen LogP) is 3.29. The molecule has 0 saturated carbocycles. The Balaban J connectivity index is 2.96. The Hall–Kier alpha value is -0.540. The van der Waals surface area contributed by atoms with Crippen molar-refractivity contribution in [3.8, 4) is 0 Å². The number of rotatable bonds is 0. The van der Waals surface area contributed by atoms with Crippen molar-refractivity contribution >= 4 is 38.4 Å². The molecule has 1 heterocycles. The van der Waals surface area contributed by atoms with E-state index in [9.17, 15) is 0 Å². The Kier molecular flexibility index (Phi) is 1.85. The third-order valence-electron chi connectivity index (χ3n) is 1.81. The van der Waals surface area contributed by atoms with Crippen LogP contribution in [0.3, 0.4) is 0 Å². The standard InChI is InChI=1S/C8H6BrClN2/c1-4-2-3-5-6(7(4)10)8(9)12-11-5/h2-3H,1H3,(H,11,12). The molecule has 12 heavy (non-hydrogen) atoms. The summed E-state index contributed by atoms with van der Waals surface area (Å²) in [5.74, 6) is 0. The van der Waals surface area contributed by atoms with Crippen molar-refractivity contribution in [1.29, 1.82) is 0 Å². The molecule has 2 aromatic rings. The first-order valence-electron chi connectivity index (χ1n) is 3.49. The van der Waals surface area contributed by atoms with E-state index in [0.29, 0.717) is 0 Å². The van der Waals surface area contributed by atoms with E-state index in [-0.39, 0.29) is 0 Å². The number of H-pyrrole nitrogens is 1. The summed E-state index contributed by atoms with van der Waals surface area (Å²) in [6.07, 6.45) is 0. The molecule has 0 aliphatic carbocycles. The first-order valence-corrected chi connectivity index (χ1v) is 4.66. The van der Waals surface area contributed by atoms with Crippen LogP contribution in [0.1, 0.15) is 5.56 Å². The van der Waals surface area contributed by atoms with Gasteiger partial charge in [-0.25, -0.2) is 0 Å². The molecule has 0 aliphatic heterocycles. The normalized spacial score (nSPS) is 10.9. The molecule has 0 atom stereocenters. The lowest BCUT2D eigenvalue weighted by Gasteiger charge is -1.97. The fourth-order valence-electron chi connectivity index (χ4n) is 1.14. The van der Waals surface area contributed by atoms with Crippen molar-refractivity contribution in [2.45, 2.75) is 6.92 Å². The number of halogens is 2. The zero-order valence-corrected chi connectivity index (χ0v) is 8.70. The van der Waals surface area contributed by atoms with Crippen LogP contribution in [0.15, 0.2) is 16.7 Å². The Morgan fingerprint density at radius 2 is 2.25 bits per heavy atom. The smallest absolute Gasteiger partial charge is 0.110 e. The van der Waals surface area contributed by atoms with E-state index < -0.39 is 0 Å². The number of aromatic nitrogens is 2. The number of fused-ring (bicyclic) bond motifs is 1. The Morgan fingerprint density at radius 1 is 1.50 bits per heavy atom. The average Bonchev–Trinajstić information content (AvgIpc) is 2.41. The molecule has 2 rings (SSSR count). The van der Waals surface area contributed by atoms with Crippen molar-refractivity contribution in [3.05, 3.63) is 27.3 Å². The van der Waals surface area contributed by atoms with Gasteiger partial charge in [-0.1, -0.05) is 17.7 Å². The van der Waals surface area contributed by atoms with Crippen LogP contribution in [0.2, 0.25) is 5.02 Å². The van der Waals surface area contributed by atoms with Crippen LogP contribution in [-0.4, -0.2) is 10.2 Å². The summed E-state index contributed by atoms with van der Waals surface area (Å²) < 4.78 is 0.839. The second-order valence-electron chi connectivity index (χ2n) is 2.63. The lowest BCUT2D eigenvalue weighted by molar-refractivity contribution is 1.10. The van der Waals surface area contributed by atoms with Crippen LogP contribution in [0.5, 0.6) is 0 Å². The Labute approximate surface area is 83.0 Å². The molecule has 62 valence electrons. The van der Waals surface area contributed by atoms with Gasteiger partial charge in [-0.3, -0.25) is 5.10 Å². The van der Waals surface area contributed by atoms with Gasteiger partial charge in [0.25, 0.3) is 0 Å². The molecule has 0 spiro atoms. The Bertz CT molecular complexity index is 436. The summed E-state index contributed by atoms with van der Waals surface area (Å²) in [5.41, 5.74) is 1.95. The minimum atomic E-state index is 0.758. The zero-order chi connectivity index (χ0) is 8.72. The van der Waals surface area contributed by atoms with Crippen molar-refractivity contribution < 1.29 is 0 Å². The van der Waals surface area contributed by atoms with Crippen LogP contribution in [0, 0.1) is 6.92 Å². The van der Waals surface area contributed by atoms with E-state index in [1.54, 1.807) is 0 Å². The summed E-state index contributed by atoms with van der Waals surface area (Å²) in [4.78, 5) is 0. The van der Waals surface area contributed by atoms with Gasteiger partial charge in [-0.05, 0) is 34.5 Å². The number of nitrogens with one attached hydrogen (secondary N) is 1. The predicted molar refractivity (Wildman–Crippen MR) is 53.5 cm³/mol. The summed E-state index contributed by atoms with van der Waals surface area (Å²) in [6.45, 7) is 1.97. The third-order valence-corrected chi connectivity index (χ3v) is 2.87. The first kappa shape index (κ1) is 8.08. The summed E-state index contributed by atoms with van der Waals surface area (Å²) in [6, 6.07) is 3.90. The SMILES string of the molecule is Cc1ccc2n[nH]c(Br)c2c1Cl. The molecule has 1 N–H and O–H groups in total. The molecular weight excluding hydrogens is 239 g/mol. The van der Waals surface area contributed by atoms with Crippen molar-refractivity contribution in [3.63, 3.8) is 0 Å². The van der Waals surface area contributed by atoms with Gasteiger partial charge in [0.2, 0.25) is 0 Å². The fraction of sp³-hybridized carbons (Fsp3) is 0.125. The maximum atomic E-state index is 6.08. The van der Waals surface area contributed by atoms with Gasteiger partial charge in [-0.15, -0.1) is 0 Å². The van der Waals surface area contributed by atoms with E-state index in [1.807, 2.05) is 19.1 Å². The van der Waals surface area contributed by atoms with E-state index in [0.717, 1.165) is 26.1 Å². The molecule has 2 nitrogen and oxygen atoms in total. The number of hydrogen-bond donors (Lipinski definition) is 1.